The Labute approximate surface area is 166 Å². The minimum atomic E-state index is -0.629. The molecular weight excluding hydrogens is 352 g/mol. The lowest BCUT2D eigenvalue weighted by Gasteiger charge is -2.31. The van der Waals surface area contributed by atoms with E-state index in [1.54, 1.807) is 31.2 Å². The molecule has 1 fully saturated rings. The van der Waals surface area contributed by atoms with Gasteiger partial charge in [0, 0.05) is 25.8 Å². The topological polar surface area (TPSA) is 78.3 Å². The molecule has 1 N–H and O–H groups in total. The number of carbonyl (C=O) groups excluding carboxylic acids is 1. The van der Waals surface area contributed by atoms with Gasteiger partial charge in [-0.25, -0.2) is 4.98 Å². The third kappa shape index (κ3) is 5.23. The van der Waals surface area contributed by atoms with Crippen LogP contribution in [0.25, 0.3) is 0 Å². The standard InChI is InChI=1S/C22H26N4O2/c1-16-9-11-26(12-10-16)21-8-5-19(14-24-21)15-25-22(27)17(2)28-20-6-3-18(13-23)4-7-20/h3-8,14,16-17H,9-12,15H2,1-2H3,(H,25,27). The molecule has 1 unspecified atom stereocenters. The van der Waals surface area contributed by atoms with Crippen LogP contribution in [0.1, 0.15) is 37.8 Å². The Kier molecular flexibility index (Phi) is 6.49. The predicted molar refractivity (Wildman–Crippen MR) is 108 cm³/mol. The number of piperidine rings is 1. The first-order valence-electron chi connectivity index (χ1n) is 9.69. The molecule has 0 radical (unpaired) electrons. The van der Waals surface area contributed by atoms with E-state index in [0.717, 1.165) is 30.4 Å². The Hall–Kier alpha value is -3.07. The van der Waals surface area contributed by atoms with E-state index >= 15 is 0 Å². The van der Waals surface area contributed by atoms with Gasteiger partial charge in [0.1, 0.15) is 11.6 Å². The molecule has 0 aliphatic carbocycles. The van der Waals surface area contributed by atoms with Gasteiger partial charge in [0.2, 0.25) is 0 Å². The quantitative estimate of drug-likeness (QED) is 0.835. The number of benzene rings is 1. The number of nitrogens with zero attached hydrogens (tertiary/aromatic N) is 3. The second-order valence-electron chi connectivity index (χ2n) is 7.31. The van der Waals surface area contributed by atoms with Crippen molar-refractivity contribution in [1.82, 2.24) is 10.3 Å². The summed E-state index contributed by atoms with van der Waals surface area (Å²) in [6.45, 7) is 6.50. The number of hydrogen-bond donors (Lipinski definition) is 1. The highest BCUT2D eigenvalue weighted by Gasteiger charge is 2.17. The van der Waals surface area contributed by atoms with E-state index in [-0.39, 0.29) is 5.91 Å². The van der Waals surface area contributed by atoms with Crippen LogP contribution in [-0.4, -0.2) is 30.1 Å². The molecule has 0 bridgehead atoms. The Morgan fingerprint density at radius 3 is 2.61 bits per heavy atom. The molecule has 1 saturated heterocycles. The summed E-state index contributed by atoms with van der Waals surface area (Å²) in [4.78, 5) is 19.1. The number of amides is 1. The lowest BCUT2D eigenvalue weighted by atomic mass is 9.99. The number of aromatic nitrogens is 1. The summed E-state index contributed by atoms with van der Waals surface area (Å²) >= 11 is 0. The summed E-state index contributed by atoms with van der Waals surface area (Å²) in [7, 11) is 0. The molecule has 3 rings (SSSR count). The number of anilines is 1. The van der Waals surface area contributed by atoms with Crippen LogP contribution in [0.4, 0.5) is 5.82 Å². The maximum absolute atomic E-state index is 12.3. The molecule has 1 aliphatic heterocycles. The predicted octanol–water partition coefficient (Wildman–Crippen LogP) is 3.27. The first-order chi connectivity index (χ1) is 13.5. The highest BCUT2D eigenvalue weighted by Crippen LogP contribution is 2.21. The van der Waals surface area contributed by atoms with E-state index in [4.69, 9.17) is 10.00 Å². The van der Waals surface area contributed by atoms with Gasteiger partial charge in [-0.05, 0) is 61.6 Å². The monoisotopic (exact) mass is 378 g/mol. The van der Waals surface area contributed by atoms with Crippen LogP contribution in [0.5, 0.6) is 5.75 Å². The molecule has 6 nitrogen and oxygen atoms in total. The third-order valence-electron chi connectivity index (χ3n) is 5.05. The molecule has 0 spiro atoms. The lowest BCUT2D eigenvalue weighted by Crippen LogP contribution is -2.36. The van der Waals surface area contributed by atoms with Crippen LogP contribution in [0.2, 0.25) is 0 Å². The van der Waals surface area contributed by atoms with Gasteiger partial charge in [0.25, 0.3) is 5.91 Å². The largest absolute Gasteiger partial charge is 0.481 e. The lowest BCUT2D eigenvalue weighted by molar-refractivity contribution is -0.127. The van der Waals surface area contributed by atoms with Gasteiger partial charge in [-0.2, -0.15) is 5.26 Å². The number of ether oxygens (including phenoxy) is 1. The zero-order valence-corrected chi connectivity index (χ0v) is 16.4. The zero-order chi connectivity index (χ0) is 19.9. The van der Waals surface area contributed by atoms with E-state index in [9.17, 15) is 4.79 Å². The number of nitrogens with one attached hydrogen (secondary N) is 1. The Balaban J connectivity index is 1.47. The van der Waals surface area contributed by atoms with Gasteiger partial charge < -0.3 is 15.0 Å². The minimum Gasteiger partial charge on any atom is -0.481 e. The van der Waals surface area contributed by atoms with Crippen LogP contribution in [0.15, 0.2) is 42.6 Å². The number of nitriles is 1. The van der Waals surface area contributed by atoms with Gasteiger partial charge in [-0.3, -0.25) is 4.79 Å². The smallest absolute Gasteiger partial charge is 0.261 e. The summed E-state index contributed by atoms with van der Waals surface area (Å²) in [5, 5.41) is 11.7. The highest BCUT2D eigenvalue weighted by molar-refractivity contribution is 5.80. The summed E-state index contributed by atoms with van der Waals surface area (Å²) < 4.78 is 5.63. The first kappa shape index (κ1) is 19.7. The molecular formula is C22H26N4O2. The fourth-order valence-electron chi connectivity index (χ4n) is 3.14. The van der Waals surface area contributed by atoms with Crippen molar-refractivity contribution in [3.8, 4) is 11.8 Å². The molecule has 1 aromatic carbocycles. The molecule has 6 heteroatoms. The second kappa shape index (κ2) is 9.23. The van der Waals surface area contributed by atoms with E-state index in [1.165, 1.54) is 12.8 Å². The van der Waals surface area contributed by atoms with Gasteiger partial charge in [-0.15, -0.1) is 0 Å². The second-order valence-corrected chi connectivity index (χ2v) is 7.31. The van der Waals surface area contributed by atoms with Crippen LogP contribution in [-0.2, 0) is 11.3 Å². The van der Waals surface area contributed by atoms with E-state index < -0.39 is 6.10 Å². The normalized spacial score (nSPS) is 15.5. The Morgan fingerprint density at radius 1 is 1.29 bits per heavy atom. The van der Waals surface area contributed by atoms with E-state index in [0.29, 0.717) is 17.9 Å². The van der Waals surface area contributed by atoms with Gasteiger partial charge in [0.05, 0.1) is 11.6 Å². The Bertz CT molecular complexity index is 819. The van der Waals surface area contributed by atoms with Crippen molar-refractivity contribution < 1.29 is 9.53 Å². The summed E-state index contributed by atoms with van der Waals surface area (Å²) in [5.41, 5.74) is 1.51. The summed E-state index contributed by atoms with van der Waals surface area (Å²) in [6.07, 6.45) is 3.60. The zero-order valence-electron chi connectivity index (χ0n) is 16.4. The average molecular weight is 378 g/mol. The number of rotatable bonds is 6. The van der Waals surface area contributed by atoms with Crippen molar-refractivity contribution in [3.63, 3.8) is 0 Å². The average Bonchev–Trinajstić information content (AvgIpc) is 2.73. The molecule has 0 saturated carbocycles. The SMILES string of the molecule is CC1CCN(c2ccc(CNC(=O)C(C)Oc3ccc(C#N)cc3)cn2)CC1. The van der Waals surface area contributed by atoms with Crippen molar-refractivity contribution in [2.75, 3.05) is 18.0 Å². The molecule has 2 aromatic rings. The van der Waals surface area contributed by atoms with Crippen molar-refractivity contribution in [3.05, 3.63) is 53.7 Å². The summed E-state index contributed by atoms with van der Waals surface area (Å²) in [6, 6.07) is 12.8. The molecule has 1 atom stereocenters. The van der Waals surface area contributed by atoms with Crippen molar-refractivity contribution in [2.45, 2.75) is 39.3 Å². The number of hydrogen-bond acceptors (Lipinski definition) is 5. The van der Waals surface area contributed by atoms with Gasteiger partial charge in [-0.1, -0.05) is 13.0 Å². The Morgan fingerprint density at radius 2 is 2.00 bits per heavy atom. The maximum atomic E-state index is 12.3. The van der Waals surface area contributed by atoms with Crippen LogP contribution in [0, 0.1) is 17.2 Å². The molecule has 2 heterocycles. The fraction of sp³-hybridized carbons (Fsp3) is 0.409. The van der Waals surface area contributed by atoms with Crippen LogP contribution in [0.3, 0.4) is 0 Å². The van der Waals surface area contributed by atoms with Crippen LogP contribution < -0.4 is 15.0 Å². The van der Waals surface area contributed by atoms with Gasteiger partial charge in [0.15, 0.2) is 6.10 Å². The molecule has 1 aromatic heterocycles. The maximum Gasteiger partial charge on any atom is 0.261 e. The van der Waals surface area contributed by atoms with Crippen molar-refractivity contribution in [2.24, 2.45) is 5.92 Å². The number of carbonyl (C=O) groups is 1. The van der Waals surface area contributed by atoms with E-state index in [1.807, 2.05) is 18.3 Å². The minimum absolute atomic E-state index is 0.196. The van der Waals surface area contributed by atoms with Crippen molar-refractivity contribution >= 4 is 11.7 Å². The van der Waals surface area contributed by atoms with Crippen molar-refractivity contribution in [1.29, 1.82) is 5.26 Å². The molecule has 1 amide bonds. The molecule has 28 heavy (non-hydrogen) atoms. The first-order valence-corrected chi connectivity index (χ1v) is 9.69. The van der Waals surface area contributed by atoms with Gasteiger partial charge >= 0.3 is 0 Å². The van der Waals surface area contributed by atoms with Crippen LogP contribution >= 0.6 is 0 Å². The number of pyridine rings is 1. The third-order valence-corrected chi connectivity index (χ3v) is 5.05. The molecule has 1 aliphatic rings. The summed E-state index contributed by atoms with van der Waals surface area (Å²) in [5.74, 6) is 2.15. The highest BCUT2D eigenvalue weighted by atomic mass is 16.5. The molecule has 146 valence electrons. The van der Waals surface area contributed by atoms with E-state index in [2.05, 4.69) is 28.2 Å². The fourth-order valence-corrected chi connectivity index (χ4v) is 3.14.